The van der Waals surface area contributed by atoms with Crippen molar-refractivity contribution >= 4 is 12.2 Å². The summed E-state index contributed by atoms with van der Waals surface area (Å²) in [4.78, 5) is 21.7. The lowest BCUT2D eigenvalue weighted by Gasteiger charge is -2.14. The van der Waals surface area contributed by atoms with Gasteiger partial charge in [-0.05, 0) is 25.2 Å². The van der Waals surface area contributed by atoms with Gasteiger partial charge in [-0.1, -0.05) is 13.3 Å². The van der Waals surface area contributed by atoms with Crippen LogP contribution in [0.5, 0.6) is 0 Å². The number of carbonyl (C=O) groups excluding carboxylic acids is 2. The molecule has 0 fully saturated rings. The van der Waals surface area contributed by atoms with Gasteiger partial charge in [-0.25, -0.2) is 9.59 Å². The van der Waals surface area contributed by atoms with Gasteiger partial charge in [0.05, 0.1) is 13.2 Å². The molecule has 0 saturated heterocycles. The van der Waals surface area contributed by atoms with Crippen molar-refractivity contribution in [2.75, 3.05) is 27.3 Å². The Balaban J connectivity index is 3.58. The van der Waals surface area contributed by atoms with Gasteiger partial charge in [0, 0.05) is 14.1 Å². The van der Waals surface area contributed by atoms with Gasteiger partial charge in [-0.2, -0.15) is 0 Å². The van der Waals surface area contributed by atoms with E-state index in [9.17, 15) is 9.59 Å². The monoisotopic (exact) mass is 260 g/mol. The summed E-state index contributed by atoms with van der Waals surface area (Å²) in [6.45, 7) is 2.95. The second-order valence-electron chi connectivity index (χ2n) is 3.98. The highest BCUT2D eigenvalue weighted by Crippen LogP contribution is 2.15. The maximum Gasteiger partial charge on any atom is 0.406 e. The summed E-state index contributed by atoms with van der Waals surface area (Å²) in [5.74, 6) is 0.489. The number of nitrogens with one attached hydrogen (secondary N) is 2. The molecule has 0 aromatic heterocycles. The third-order valence-electron chi connectivity index (χ3n) is 2.73. The summed E-state index contributed by atoms with van der Waals surface area (Å²) in [7, 11) is 3.07. The maximum atomic E-state index is 10.9. The molecular formula is C12H24N2O4. The van der Waals surface area contributed by atoms with E-state index in [1.165, 1.54) is 14.1 Å². The van der Waals surface area contributed by atoms with Crippen LogP contribution in [0.2, 0.25) is 0 Å². The number of rotatable bonds is 8. The van der Waals surface area contributed by atoms with E-state index in [1.54, 1.807) is 0 Å². The maximum absolute atomic E-state index is 10.9. The first kappa shape index (κ1) is 16.5. The van der Waals surface area contributed by atoms with E-state index in [0.717, 1.165) is 25.7 Å². The largest absolute Gasteiger partial charge is 0.450 e. The Morgan fingerprint density at radius 2 is 1.56 bits per heavy atom. The van der Waals surface area contributed by atoms with Crippen LogP contribution in [0.15, 0.2) is 0 Å². The zero-order valence-corrected chi connectivity index (χ0v) is 11.5. The van der Waals surface area contributed by atoms with E-state index in [1.807, 2.05) is 0 Å². The van der Waals surface area contributed by atoms with Gasteiger partial charge >= 0.3 is 12.2 Å². The Bertz CT molecular complexity index is 246. The SMILES string of the molecule is CCC(CCCOC(=O)NC)CCOC(=O)NC. The van der Waals surface area contributed by atoms with E-state index < -0.39 is 12.2 Å². The molecule has 2 amide bonds. The smallest absolute Gasteiger partial charge is 0.406 e. The van der Waals surface area contributed by atoms with E-state index in [4.69, 9.17) is 9.47 Å². The lowest BCUT2D eigenvalue weighted by Crippen LogP contribution is -2.21. The van der Waals surface area contributed by atoms with Gasteiger partial charge < -0.3 is 20.1 Å². The number of carbonyl (C=O) groups is 2. The highest BCUT2D eigenvalue weighted by molar-refractivity contribution is 5.66. The lowest BCUT2D eigenvalue weighted by atomic mass is 9.97. The Morgan fingerprint density at radius 1 is 1.00 bits per heavy atom. The first-order valence-corrected chi connectivity index (χ1v) is 6.33. The van der Waals surface area contributed by atoms with Gasteiger partial charge in [0.1, 0.15) is 0 Å². The molecule has 6 nitrogen and oxygen atoms in total. The van der Waals surface area contributed by atoms with Crippen LogP contribution in [-0.4, -0.2) is 39.5 Å². The van der Waals surface area contributed by atoms with Gasteiger partial charge in [-0.3, -0.25) is 0 Å². The minimum absolute atomic E-state index is 0.396. The van der Waals surface area contributed by atoms with E-state index in [0.29, 0.717) is 19.1 Å². The van der Waals surface area contributed by atoms with Crippen molar-refractivity contribution in [2.45, 2.75) is 32.6 Å². The number of ether oxygens (including phenoxy) is 2. The second kappa shape index (κ2) is 10.7. The van der Waals surface area contributed by atoms with Crippen molar-refractivity contribution in [1.29, 1.82) is 0 Å². The summed E-state index contributed by atoms with van der Waals surface area (Å²) in [6.07, 6.45) is 2.86. The molecule has 1 unspecified atom stereocenters. The summed E-state index contributed by atoms with van der Waals surface area (Å²) in [6, 6.07) is 0. The van der Waals surface area contributed by atoms with Gasteiger partial charge in [-0.15, -0.1) is 0 Å². The van der Waals surface area contributed by atoms with Crippen LogP contribution in [0, 0.1) is 5.92 Å². The third-order valence-corrected chi connectivity index (χ3v) is 2.73. The minimum Gasteiger partial charge on any atom is -0.450 e. The highest BCUT2D eigenvalue weighted by Gasteiger charge is 2.08. The molecule has 0 radical (unpaired) electrons. The molecule has 2 N–H and O–H groups in total. The van der Waals surface area contributed by atoms with E-state index in [2.05, 4.69) is 17.6 Å². The molecule has 18 heavy (non-hydrogen) atoms. The molecule has 0 aromatic carbocycles. The summed E-state index contributed by atoms with van der Waals surface area (Å²) >= 11 is 0. The predicted molar refractivity (Wildman–Crippen MR) is 68.4 cm³/mol. The molecule has 106 valence electrons. The molecule has 0 spiro atoms. The van der Waals surface area contributed by atoms with E-state index in [-0.39, 0.29) is 0 Å². The topological polar surface area (TPSA) is 76.7 Å². The van der Waals surface area contributed by atoms with Crippen LogP contribution in [0.25, 0.3) is 0 Å². The van der Waals surface area contributed by atoms with Crippen molar-refractivity contribution in [3.8, 4) is 0 Å². The first-order valence-electron chi connectivity index (χ1n) is 6.33. The normalized spacial score (nSPS) is 11.5. The van der Waals surface area contributed by atoms with Crippen molar-refractivity contribution < 1.29 is 19.1 Å². The molecule has 1 atom stereocenters. The molecule has 0 heterocycles. The van der Waals surface area contributed by atoms with Crippen LogP contribution < -0.4 is 10.6 Å². The number of amides is 2. The molecule has 0 bridgehead atoms. The van der Waals surface area contributed by atoms with Crippen molar-refractivity contribution in [1.82, 2.24) is 10.6 Å². The van der Waals surface area contributed by atoms with Crippen LogP contribution in [0.4, 0.5) is 9.59 Å². The Labute approximate surface area is 108 Å². The van der Waals surface area contributed by atoms with Crippen LogP contribution >= 0.6 is 0 Å². The molecule has 0 rings (SSSR count). The molecule has 0 aliphatic rings. The predicted octanol–water partition coefficient (Wildman–Crippen LogP) is 1.89. The molecule has 6 heteroatoms. The summed E-state index contributed by atoms with van der Waals surface area (Å²) in [5.41, 5.74) is 0. The average molecular weight is 260 g/mol. The average Bonchev–Trinajstić information content (AvgIpc) is 2.40. The fourth-order valence-electron chi connectivity index (χ4n) is 1.55. The fraction of sp³-hybridized carbons (Fsp3) is 0.833. The van der Waals surface area contributed by atoms with Crippen LogP contribution in [0.3, 0.4) is 0 Å². The zero-order chi connectivity index (χ0) is 13.8. The summed E-state index contributed by atoms with van der Waals surface area (Å²) < 4.78 is 9.84. The fourth-order valence-corrected chi connectivity index (χ4v) is 1.55. The van der Waals surface area contributed by atoms with Crippen LogP contribution in [0.1, 0.15) is 32.6 Å². The van der Waals surface area contributed by atoms with Crippen molar-refractivity contribution in [3.63, 3.8) is 0 Å². The van der Waals surface area contributed by atoms with E-state index >= 15 is 0 Å². The molecule has 0 aliphatic carbocycles. The number of hydrogen-bond donors (Lipinski definition) is 2. The number of alkyl carbamates (subject to hydrolysis) is 2. The number of hydrogen-bond acceptors (Lipinski definition) is 4. The van der Waals surface area contributed by atoms with Crippen molar-refractivity contribution in [3.05, 3.63) is 0 Å². The Morgan fingerprint density at radius 3 is 2.06 bits per heavy atom. The molecular weight excluding hydrogens is 236 g/mol. The molecule has 0 aromatic rings. The van der Waals surface area contributed by atoms with Gasteiger partial charge in [0.2, 0.25) is 0 Å². The van der Waals surface area contributed by atoms with Gasteiger partial charge in [0.15, 0.2) is 0 Å². The van der Waals surface area contributed by atoms with Crippen LogP contribution in [-0.2, 0) is 9.47 Å². The molecule has 0 aliphatic heterocycles. The second-order valence-corrected chi connectivity index (χ2v) is 3.98. The lowest BCUT2D eigenvalue weighted by molar-refractivity contribution is 0.132. The minimum atomic E-state index is -0.397. The highest BCUT2D eigenvalue weighted by atomic mass is 16.6. The quantitative estimate of drug-likeness (QED) is 0.653. The standard InChI is InChI=1S/C12H24N2O4/c1-4-10(7-9-18-12(16)14-3)6-5-8-17-11(15)13-2/h10H,4-9H2,1-3H3,(H,13,15)(H,14,16). The molecule has 0 saturated carbocycles. The Kier molecular flexibility index (Phi) is 9.81. The third kappa shape index (κ3) is 8.66. The van der Waals surface area contributed by atoms with Gasteiger partial charge in [0.25, 0.3) is 0 Å². The Hall–Kier alpha value is -1.46. The zero-order valence-electron chi connectivity index (χ0n) is 11.5. The first-order chi connectivity index (χ1) is 8.63. The summed E-state index contributed by atoms with van der Waals surface area (Å²) in [5, 5.41) is 4.80. The van der Waals surface area contributed by atoms with Crippen molar-refractivity contribution in [2.24, 2.45) is 5.92 Å².